The lowest BCUT2D eigenvalue weighted by molar-refractivity contribution is -0.114. The number of hydrogen-bond acceptors (Lipinski definition) is 5. The maximum atomic E-state index is 12.3. The van der Waals surface area contributed by atoms with Crippen LogP contribution in [0.25, 0.3) is 0 Å². The van der Waals surface area contributed by atoms with Crippen LogP contribution in [-0.2, 0) is 14.8 Å². The van der Waals surface area contributed by atoms with Gasteiger partial charge in [-0.1, -0.05) is 0 Å². The molecule has 4 N–H and O–H groups in total. The molecule has 0 fully saturated rings. The molecule has 0 aliphatic heterocycles. The van der Waals surface area contributed by atoms with E-state index in [2.05, 4.69) is 20.7 Å². The Hall–Kier alpha value is -2.13. The summed E-state index contributed by atoms with van der Waals surface area (Å²) in [7, 11) is -1.77. The molecule has 128 valence electrons. The van der Waals surface area contributed by atoms with Gasteiger partial charge in [-0.15, -0.1) is 0 Å². The SMILES string of the molecule is CNC(C)CNC(=O)c1cc(NC(C)=O)ccc1NS(C)(=O)=O. The zero-order chi connectivity index (χ0) is 17.6. The van der Waals surface area contributed by atoms with Crippen molar-refractivity contribution < 1.29 is 18.0 Å². The van der Waals surface area contributed by atoms with Crippen LogP contribution in [0.4, 0.5) is 11.4 Å². The number of carbonyl (C=O) groups excluding carboxylic acids is 2. The fraction of sp³-hybridized carbons (Fsp3) is 0.429. The number of likely N-dealkylation sites (N-methyl/N-ethyl adjacent to an activating group) is 1. The minimum Gasteiger partial charge on any atom is -0.350 e. The van der Waals surface area contributed by atoms with Crippen LogP contribution in [0.5, 0.6) is 0 Å². The van der Waals surface area contributed by atoms with E-state index < -0.39 is 15.9 Å². The van der Waals surface area contributed by atoms with E-state index in [1.54, 1.807) is 7.05 Å². The molecular formula is C14H22N4O4S. The lowest BCUT2D eigenvalue weighted by atomic mass is 10.1. The molecule has 0 bridgehead atoms. The summed E-state index contributed by atoms with van der Waals surface area (Å²) in [6.45, 7) is 3.61. The standard InChI is InChI=1S/C14H22N4O4S/c1-9(15-3)8-16-14(20)12-7-11(17-10(2)19)5-6-13(12)18-23(4,21)22/h5-7,9,15,18H,8H2,1-4H3,(H,16,20)(H,17,19). The van der Waals surface area contributed by atoms with Gasteiger partial charge in [0.25, 0.3) is 5.91 Å². The Morgan fingerprint density at radius 1 is 1.26 bits per heavy atom. The van der Waals surface area contributed by atoms with E-state index in [1.807, 2.05) is 6.92 Å². The van der Waals surface area contributed by atoms with E-state index in [4.69, 9.17) is 0 Å². The molecule has 0 aromatic heterocycles. The molecule has 1 unspecified atom stereocenters. The quantitative estimate of drug-likeness (QED) is 0.571. The van der Waals surface area contributed by atoms with Crippen molar-refractivity contribution >= 4 is 33.2 Å². The predicted molar refractivity (Wildman–Crippen MR) is 90.1 cm³/mol. The molecule has 0 aliphatic rings. The highest BCUT2D eigenvalue weighted by Crippen LogP contribution is 2.21. The molecule has 0 saturated carbocycles. The van der Waals surface area contributed by atoms with Gasteiger partial charge >= 0.3 is 0 Å². The third kappa shape index (κ3) is 6.66. The lowest BCUT2D eigenvalue weighted by Gasteiger charge is -2.15. The van der Waals surface area contributed by atoms with Gasteiger partial charge in [0.2, 0.25) is 15.9 Å². The van der Waals surface area contributed by atoms with E-state index in [0.29, 0.717) is 12.2 Å². The van der Waals surface area contributed by atoms with Crippen LogP contribution in [0.15, 0.2) is 18.2 Å². The Bertz CT molecular complexity index is 688. The third-order valence-corrected chi connectivity index (χ3v) is 3.53. The zero-order valence-corrected chi connectivity index (χ0v) is 14.4. The first kappa shape index (κ1) is 18.9. The molecular weight excluding hydrogens is 320 g/mol. The van der Waals surface area contributed by atoms with Gasteiger partial charge in [0.1, 0.15) is 0 Å². The maximum Gasteiger partial charge on any atom is 0.253 e. The second-order valence-corrected chi connectivity index (χ2v) is 6.96. The summed E-state index contributed by atoms with van der Waals surface area (Å²) in [5, 5.41) is 8.24. The van der Waals surface area contributed by atoms with Gasteiger partial charge in [-0.3, -0.25) is 14.3 Å². The number of anilines is 2. The first-order valence-corrected chi connectivity index (χ1v) is 8.86. The van der Waals surface area contributed by atoms with Crippen LogP contribution in [0, 0.1) is 0 Å². The van der Waals surface area contributed by atoms with Crippen molar-refractivity contribution in [3.05, 3.63) is 23.8 Å². The monoisotopic (exact) mass is 342 g/mol. The van der Waals surface area contributed by atoms with Crippen LogP contribution in [0.2, 0.25) is 0 Å². The summed E-state index contributed by atoms with van der Waals surface area (Å²) in [5.74, 6) is -0.727. The average Bonchev–Trinajstić information content (AvgIpc) is 2.43. The molecule has 1 rings (SSSR count). The average molecular weight is 342 g/mol. The van der Waals surface area contributed by atoms with E-state index in [1.165, 1.54) is 25.1 Å². The predicted octanol–water partition coefficient (Wildman–Crippen LogP) is 0.354. The van der Waals surface area contributed by atoms with Crippen LogP contribution in [-0.4, -0.2) is 46.1 Å². The number of carbonyl (C=O) groups is 2. The van der Waals surface area contributed by atoms with Gasteiger partial charge in [0.05, 0.1) is 17.5 Å². The number of nitrogens with one attached hydrogen (secondary N) is 4. The number of rotatable bonds is 7. The summed E-state index contributed by atoms with van der Waals surface area (Å²) < 4.78 is 25.2. The molecule has 1 aromatic rings. The molecule has 2 amide bonds. The van der Waals surface area contributed by atoms with Crippen molar-refractivity contribution in [3.63, 3.8) is 0 Å². The van der Waals surface area contributed by atoms with Gasteiger partial charge in [-0.05, 0) is 32.2 Å². The minimum atomic E-state index is -3.53. The molecule has 1 atom stereocenters. The number of hydrogen-bond donors (Lipinski definition) is 4. The van der Waals surface area contributed by atoms with Crippen molar-refractivity contribution in [1.29, 1.82) is 0 Å². The highest BCUT2D eigenvalue weighted by molar-refractivity contribution is 7.92. The number of benzene rings is 1. The van der Waals surface area contributed by atoms with Gasteiger partial charge in [-0.25, -0.2) is 8.42 Å². The van der Waals surface area contributed by atoms with E-state index >= 15 is 0 Å². The smallest absolute Gasteiger partial charge is 0.253 e. The minimum absolute atomic E-state index is 0.0591. The summed E-state index contributed by atoms with van der Waals surface area (Å²) in [4.78, 5) is 23.5. The highest BCUT2D eigenvalue weighted by atomic mass is 32.2. The molecule has 23 heavy (non-hydrogen) atoms. The first-order chi connectivity index (χ1) is 10.6. The van der Waals surface area contributed by atoms with Crippen LogP contribution < -0.4 is 20.7 Å². The Morgan fingerprint density at radius 2 is 1.91 bits per heavy atom. The topological polar surface area (TPSA) is 116 Å². The van der Waals surface area contributed by atoms with Crippen molar-refractivity contribution in [2.45, 2.75) is 19.9 Å². The van der Waals surface area contributed by atoms with E-state index in [9.17, 15) is 18.0 Å². The van der Waals surface area contributed by atoms with Crippen molar-refractivity contribution in [1.82, 2.24) is 10.6 Å². The number of amides is 2. The Labute approximate surface area is 136 Å². The van der Waals surface area contributed by atoms with Gasteiger partial charge in [-0.2, -0.15) is 0 Å². The summed E-state index contributed by atoms with van der Waals surface area (Å²) in [6.07, 6.45) is 0.999. The van der Waals surface area contributed by atoms with Crippen LogP contribution >= 0.6 is 0 Å². The Balaban J connectivity index is 3.11. The summed E-state index contributed by atoms with van der Waals surface area (Å²) >= 11 is 0. The summed E-state index contributed by atoms with van der Waals surface area (Å²) in [5.41, 5.74) is 0.685. The molecule has 1 aromatic carbocycles. The fourth-order valence-electron chi connectivity index (χ4n) is 1.74. The van der Waals surface area contributed by atoms with Gasteiger partial charge < -0.3 is 16.0 Å². The molecule has 0 aliphatic carbocycles. The zero-order valence-electron chi connectivity index (χ0n) is 13.6. The van der Waals surface area contributed by atoms with Crippen molar-refractivity contribution in [2.24, 2.45) is 0 Å². The van der Waals surface area contributed by atoms with Crippen molar-refractivity contribution in [2.75, 3.05) is 29.9 Å². The molecule has 8 nitrogen and oxygen atoms in total. The van der Waals surface area contributed by atoms with Crippen LogP contribution in [0.3, 0.4) is 0 Å². The highest BCUT2D eigenvalue weighted by Gasteiger charge is 2.16. The molecule has 0 saturated heterocycles. The van der Waals surface area contributed by atoms with E-state index in [0.717, 1.165) is 6.26 Å². The number of sulfonamides is 1. The normalized spacial score (nSPS) is 12.3. The van der Waals surface area contributed by atoms with E-state index in [-0.39, 0.29) is 23.2 Å². The van der Waals surface area contributed by atoms with Gasteiger partial charge in [0.15, 0.2) is 0 Å². The summed E-state index contributed by atoms with van der Waals surface area (Å²) in [6, 6.07) is 4.43. The largest absolute Gasteiger partial charge is 0.350 e. The lowest BCUT2D eigenvalue weighted by Crippen LogP contribution is -2.37. The fourth-order valence-corrected chi connectivity index (χ4v) is 2.32. The second-order valence-electron chi connectivity index (χ2n) is 5.22. The Kier molecular flexibility index (Phi) is 6.52. The van der Waals surface area contributed by atoms with Crippen LogP contribution in [0.1, 0.15) is 24.2 Å². The van der Waals surface area contributed by atoms with Gasteiger partial charge in [0, 0.05) is 25.2 Å². The second kappa shape index (κ2) is 7.93. The maximum absolute atomic E-state index is 12.3. The van der Waals surface area contributed by atoms with Crippen molar-refractivity contribution in [3.8, 4) is 0 Å². The molecule has 0 spiro atoms. The molecule has 9 heteroatoms. The third-order valence-electron chi connectivity index (χ3n) is 2.94. The molecule has 0 heterocycles. The Morgan fingerprint density at radius 3 is 2.43 bits per heavy atom. The molecule has 0 radical (unpaired) electrons. The first-order valence-electron chi connectivity index (χ1n) is 6.97.